The first-order valence-corrected chi connectivity index (χ1v) is 5.50. The second kappa shape index (κ2) is 4.75. The fourth-order valence-electron chi connectivity index (χ4n) is 1.18. The van der Waals surface area contributed by atoms with E-state index in [1.54, 1.807) is 17.8 Å². The van der Waals surface area contributed by atoms with Crippen molar-refractivity contribution < 1.29 is 9.90 Å². The monoisotopic (exact) mass is 238 g/mol. The molecule has 0 aliphatic rings. The maximum atomic E-state index is 10.5. The number of nitrogens with zero attached hydrogens (tertiary/aromatic N) is 2. The van der Waals surface area contributed by atoms with E-state index in [4.69, 9.17) is 5.11 Å². The normalized spacial score (nSPS) is 10.2. The van der Waals surface area contributed by atoms with Crippen LogP contribution in [0.4, 0.5) is 5.13 Å². The summed E-state index contributed by atoms with van der Waals surface area (Å²) >= 11 is 1.40. The van der Waals surface area contributed by atoms with Gasteiger partial charge in [0.2, 0.25) is 0 Å². The van der Waals surface area contributed by atoms with E-state index in [0.717, 1.165) is 10.7 Å². The summed E-state index contributed by atoms with van der Waals surface area (Å²) in [6, 6.07) is 0. The topological polar surface area (TPSA) is 90.9 Å². The van der Waals surface area contributed by atoms with Crippen molar-refractivity contribution in [3.8, 4) is 0 Å². The van der Waals surface area contributed by atoms with Crippen LogP contribution >= 0.6 is 11.3 Å². The molecule has 2 heterocycles. The maximum absolute atomic E-state index is 10.5. The second-order valence-corrected chi connectivity index (χ2v) is 4.03. The van der Waals surface area contributed by atoms with Crippen LogP contribution in [0.1, 0.15) is 11.3 Å². The zero-order chi connectivity index (χ0) is 11.4. The number of nitrogens with one attached hydrogen (secondary N) is 2. The molecule has 0 amide bonds. The Morgan fingerprint density at radius 2 is 2.50 bits per heavy atom. The van der Waals surface area contributed by atoms with Crippen molar-refractivity contribution in [2.45, 2.75) is 13.0 Å². The average Bonchev–Trinajstić information content (AvgIpc) is 2.84. The molecule has 0 saturated heterocycles. The highest BCUT2D eigenvalue weighted by molar-refractivity contribution is 7.13. The number of thiazole rings is 1. The lowest BCUT2D eigenvalue weighted by Crippen LogP contribution is -2.01. The van der Waals surface area contributed by atoms with Crippen molar-refractivity contribution >= 4 is 22.4 Å². The van der Waals surface area contributed by atoms with Gasteiger partial charge in [0.15, 0.2) is 5.13 Å². The van der Waals surface area contributed by atoms with Crippen LogP contribution in [0.25, 0.3) is 0 Å². The summed E-state index contributed by atoms with van der Waals surface area (Å²) < 4.78 is 0. The molecule has 0 aliphatic heterocycles. The summed E-state index contributed by atoms with van der Waals surface area (Å²) in [7, 11) is 0. The van der Waals surface area contributed by atoms with Crippen LogP contribution in [0, 0.1) is 0 Å². The van der Waals surface area contributed by atoms with Crippen molar-refractivity contribution in [3.63, 3.8) is 0 Å². The molecule has 0 saturated carbocycles. The van der Waals surface area contributed by atoms with Crippen LogP contribution in [0.5, 0.6) is 0 Å². The van der Waals surface area contributed by atoms with Gasteiger partial charge in [-0.1, -0.05) is 0 Å². The van der Waals surface area contributed by atoms with Gasteiger partial charge in [0, 0.05) is 23.7 Å². The minimum atomic E-state index is -0.869. The molecule has 0 aliphatic carbocycles. The van der Waals surface area contributed by atoms with Crippen LogP contribution in [0.15, 0.2) is 17.8 Å². The average molecular weight is 238 g/mol. The number of carboxylic acid groups (broad SMARTS) is 1. The number of anilines is 1. The quantitative estimate of drug-likeness (QED) is 0.725. The molecule has 0 unspecified atom stereocenters. The number of rotatable bonds is 5. The molecular weight excluding hydrogens is 228 g/mol. The lowest BCUT2D eigenvalue weighted by Gasteiger charge is -1.98. The van der Waals surface area contributed by atoms with Gasteiger partial charge in [-0.05, 0) is 0 Å². The van der Waals surface area contributed by atoms with Crippen LogP contribution in [-0.4, -0.2) is 26.3 Å². The summed E-state index contributed by atoms with van der Waals surface area (Å²) in [5.74, 6) is -0.869. The van der Waals surface area contributed by atoms with Crippen LogP contribution in [-0.2, 0) is 17.8 Å². The van der Waals surface area contributed by atoms with Crippen LogP contribution in [0.2, 0.25) is 0 Å². The van der Waals surface area contributed by atoms with Crippen molar-refractivity contribution in [2.24, 2.45) is 0 Å². The number of hydrogen-bond donors (Lipinski definition) is 3. The summed E-state index contributed by atoms with van der Waals surface area (Å²) in [5, 5.41) is 20.7. The Labute approximate surface area is 95.3 Å². The second-order valence-electron chi connectivity index (χ2n) is 3.17. The third-order valence-corrected chi connectivity index (χ3v) is 2.73. The molecule has 0 atom stereocenters. The van der Waals surface area contributed by atoms with Crippen molar-refractivity contribution in [1.29, 1.82) is 0 Å². The molecule has 2 aromatic heterocycles. The van der Waals surface area contributed by atoms with Crippen LogP contribution < -0.4 is 5.32 Å². The molecule has 16 heavy (non-hydrogen) atoms. The minimum absolute atomic E-state index is 0.0378. The number of hydrogen-bond acceptors (Lipinski definition) is 5. The lowest BCUT2D eigenvalue weighted by molar-refractivity contribution is -0.136. The van der Waals surface area contributed by atoms with E-state index in [1.165, 1.54) is 11.3 Å². The third-order valence-electron chi connectivity index (χ3n) is 1.88. The number of carbonyl (C=O) groups is 1. The molecule has 0 aromatic carbocycles. The smallest absolute Gasteiger partial charge is 0.309 e. The highest BCUT2D eigenvalue weighted by atomic mass is 32.1. The molecule has 0 fully saturated rings. The molecular formula is C9H10N4O2S. The number of aromatic amines is 1. The first kappa shape index (κ1) is 10.6. The predicted octanol–water partition coefficient (Wildman–Crippen LogP) is 1.11. The van der Waals surface area contributed by atoms with E-state index >= 15 is 0 Å². The van der Waals surface area contributed by atoms with Gasteiger partial charge < -0.3 is 10.4 Å². The van der Waals surface area contributed by atoms with Crippen molar-refractivity contribution in [1.82, 2.24) is 15.2 Å². The Morgan fingerprint density at radius 3 is 3.19 bits per heavy atom. The Hall–Kier alpha value is -1.89. The first-order chi connectivity index (χ1) is 7.74. The van der Waals surface area contributed by atoms with Gasteiger partial charge in [0.25, 0.3) is 0 Å². The molecule has 0 spiro atoms. The Kier molecular flexibility index (Phi) is 3.16. The van der Waals surface area contributed by atoms with Gasteiger partial charge in [-0.15, -0.1) is 11.3 Å². The van der Waals surface area contributed by atoms with E-state index in [9.17, 15) is 4.79 Å². The highest BCUT2D eigenvalue weighted by Crippen LogP contribution is 2.16. The number of aliphatic carboxylic acids is 1. The first-order valence-electron chi connectivity index (χ1n) is 4.62. The fourth-order valence-corrected chi connectivity index (χ4v) is 1.89. The summed E-state index contributed by atoms with van der Waals surface area (Å²) in [5.41, 5.74) is 1.60. The third kappa shape index (κ3) is 2.80. The van der Waals surface area contributed by atoms with Gasteiger partial charge in [-0.25, -0.2) is 4.98 Å². The molecule has 0 radical (unpaired) electrons. The summed E-state index contributed by atoms with van der Waals surface area (Å²) in [6.07, 6.45) is 3.47. The highest BCUT2D eigenvalue weighted by Gasteiger charge is 2.05. The molecule has 6 nitrogen and oxygen atoms in total. The van der Waals surface area contributed by atoms with Gasteiger partial charge in [0.1, 0.15) is 0 Å². The Balaban J connectivity index is 1.90. The molecule has 0 bridgehead atoms. The summed E-state index contributed by atoms with van der Waals surface area (Å²) in [4.78, 5) is 14.6. The molecule has 84 valence electrons. The van der Waals surface area contributed by atoms with Gasteiger partial charge in [0.05, 0.1) is 18.3 Å². The zero-order valence-corrected chi connectivity index (χ0v) is 9.12. The minimum Gasteiger partial charge on any atom is -0.481 e. The van der Waals surface area contributed by atoms with Crippen LogP contribution in [0.3, 0.4) is 0 Å². The number of carboxylic acids is 1. The Bertz CT molecular complexity index is 466. The predicted molar refractivity (Wildman–Crippen MR) is 59.4 cm³/mol. The largest absolute Gasteiger partial charge is 0.481 e. The summed E-state index contributed by atoms with van der Waals surface area (Å²) in [6.45, 7) is 0.622. The van der Waals surface area contributed by atoms with E-state index in [2.05, 4.69) is 20.5 Å². The maximum Gasteiger partial charge on any atom is 0.309 e. The van der Waals surface area contributed by atoms with Gasteiger partial charge >= 0.3 is 5.97 Å². The lowest BCUT2D eigenvalue weighted by atomic mass is 10.3. The molecule has 3 N–H and O–H groups in total. The van der Waals surface area contributed by atoms with Crippen molar-refractivity contribution in [2.75, 3.05) is 5.32 Å². The van der Waals surface area contributed by atoms with E-state index < -0.39 is 5.97 Å². The zero-order valence-electron chi connectivity index (χ0n) is 8.30. The number of aromatic nitrogens is 3. The van der Waals surface area contributed by atoms with Gasteiger partial charge in [-0.2, -0.15) is 5.10 Å². The standard InChI is InChI=1S/C9H10N4O2S/c14-8(15)1-7-5-16-9(13-7)10-2-6-3-11-12-4-6/h3-5H,1-2H2,(H,10,13)(H,11,12)(H,14,15). The molecule has 2 aromatic rings. The molecule has 7 heteroatoms. The van der Waals surface area contributed by atoms with E-state index in [-0.39, 0.29) is 6.42 Å². The molecule has 2 rings (SSSR count). The van der Waals surface area contributed by atoms with Crippen molar-refractivity contribution in [3.05, 3.63) is 29.0 Å². The van der Waals surface area contributed by atoms with E-state index in [0.29, 0.717) is 12.2 Å². The van der Waals surface area contributed by atoms with E-state index in [1.807, 2.05) is 0 Å². The van der Waals surface area contributed by atoms with Gasteiger partial charge in [-0.3, -0.25) is 9.89 Å². The Morgan fingerprint density at radius 1 is 1.62 bits per heavy atom. The fraction of sp³-hybridized carbons (Fsp3) is 0.222. The number of H-pyrrole nitrogens is 1. The SMILES string of the molecule is O=C(O)Cc1csc(NCc2cn[nH]c2)n1.